The van der Waals surface area contributed by atoms with Crippen molar-refractivity contribution in [3.63, 3.8) is 0 Å². The molecule has 1 rings (SSSR count). The van der Waals surface area contributed by atoms with E-state index in [2.05, 4.69) is 4.99 Å². The molecule has 76 valence electrons. The van der Waals surface area contributed by atoms with E-state index >= 15 is 0 Å². The zero-order chi connectivity index (χ0) is 10.6. The van der Waals surface area contributed by atoms with E-state index in [0.29, 0.717) is 6.42 Å². The highest BCUT2D eigenvalue weighted by Crippen LogP contribution is 2.14. The van der Waals surface area contributed by atoms with Crippen molar-refractivity contribution in [2.24, 2.45) is 4.99 Å². The van der Waals surface area contributed by atoms with Crippen molar-refractivity contribution >= 4 is 11.4 Å². The highest BCUT2D eigenvalue weighted by Gasteiger charge is 2.13. The third-order valence-corrected chi connectivity index (χ3v) is 1.76. The van der Waals surface area contributed by atoms with E-state index in [4.69, 9.17) is 0 Å². The zero-order valence-electron chi connectivity index (χ0n) is 8.99. The monoisotopic (exact) mass is 191 g/mol. The lowest BCUT2D eigenvalue weighted by molar-refractivity contribution is 0.0885. The average molecular weight is 191 g/mol. The Labute approximate surface area is 85.3 Å². The molecule has 0 aromatic heterocycles. The second kappa shape index (κ2) is 4.38. The first-order valence-electron chi connectivity index (χ1n) is 4.79. The van der Waals surface area contributed by atoms with Crippen LogP contribution in [-0.2, 0) is 0 Å². The van der Waals surface area contributed by atoms with Gasteiger partial charge >= 0.3 is 0 Å². The molecule has 1 aromatic rings. The fourth-order valence-corrected chi connectivity index (χ4v) is 1.39. The van der Waals surface area contributed by atoms with Gasteiger partial charge in [0.1, 0.15) is 0 Å². The second-order valence-electron chi connectivity index (χ2n) is 4.17. The van der Waals surface area contributed by atoms with E-state index in [1.807, 2.05) is 37.3 Å². The van der Waals surface area contributed by atoms with Crippen LogP contribution in [0.4, 0.5) is 5.69 Å². The van der Waals surface area contributed by atoms with Crippen LogP contribution in [0.1, 0.15) is 27.2 Å². The fourth-order valence-electron chi connectivity index (χ4n) is 1.39. The molecule has 0 aliphatic rings. The SMILES string of the molecule is C/C(CC(C)(C)O)=N\c1ccccc1. The largest absolute Gasteiger partial charge is 0.390 e. The minimum atomic E-state index is -0.678. The van der Waals surface area contributed by atoms with Crippen molar-refractivity contribution in [2.45, 2.75) is 32.8 Å². The molecule has 0 fully saturated rings. The Bertz CT molecular complexity index is 309. The van der Waals surface area contributed by atoms with Crippen LogP contribution in [0.5, 0.6) is 0 Å². The zero-order valence-corrected chi connectivity index (χ0v) is 8.99. The van der Waals surface area contributed by atoms with Crippen LogP contribution >= 0.6 is 0 Å². The van der Waals surface area contributed by atoms with Gasteiger partial charge in [0.05, 0.1) is 11.3 Å². The van der Waals surface area contributed by atoms with Gasteiger partial charge in [0.2, 0.25) is 0 Å². The van der Waals surface area contributed by atoms with E-state index in [0.717, 1.165) is 11.4 Å². The summed E-state index contributed by atoms with van der Waals surface area (Å²) in [6.07, 6.45) is 0.599. The van der Waals surface area contributed by atoms with Crippen LogP contribution < -0.4 is 0 Å². The first kappa shape index (κ1) is 10.9. The summed E-state index contributed by atoms with van der Waals surface area (Å²) in [6.45, 7) is 5.51. The van der Waals surface area contributed by atoms with Crippen LogP contribution in [0.3, 0.4) is 0 Å². The van der Waals surface area contributed by atoms with Gasteiger partial charge in [0, 0.05) is 12.1 Å². The summed E-state index contributed by atoms with van der Waals surface area (Å²) in [7, 11) is 0. The molecule has 0 aliphatic carbocycles. The summed E-state index contributed by atoms with van der Waals surface area (Å²) < 4.78 is 0. The van der Waals surface area contributed by atoms with Crippen LogP contribution in [0.2, 0.25) is 0 Å². The highest BCUT2D eigenvalue weighted by atomic mass is 16.3. The van der Waals surface area contributed by atoms with Crippen LogP contribution in [-0.4, -0.2) is 16.4 Å². The quantitative estimate of drug-likeness (QED) is 0.732. The summed E-state index contributed by atoms with van der Waals surface area (Å²) in [5.41, 5.74) is 1.21. The summed E-state index contributed by atoms with van der Waals surface area (Å²) in [5.74, 6) is 0. The van der Waals surface area contributed by atoms with Crippen molar-refractivity contribution in [3.05, 3.63) is 30.3 Å². The van der Waals surface area contributed by atoms with Crippen molar-refractivity contribution in [1.29, 1.82) is 0 Å². The van der Waals surface area contributed by atoms with Gasteiger partial charge in [-0.2, -0.15) is 0 Å². The normalized spacial score (nSPS) is 13.0. The number of benzene rings is 1. The smallest absolute Gasteiger partial charge is 0.0643 e. The molecule has 0 aliphatic heterocycles. The van der Waals surface area contributed by atoms with Crippen molar-refractivity contribution < 1.29 is 5.11 Å². The van der Waals surface area contributed by atoms with E-state index in [-0.39, 0.29) is 0 Å². The number of rotatable bonds is 3. The van der Waals surface area contributed by atoms with Gasteiger partial charge in [0.15, 0.2) is 0 Å². The van der Waals surface area contributed by atoms with Crippen LogP contribution in [0.15, 0.2) is 35.3 Å². The minimum absolute atomic E-state index is 0.599. The Balaban J connectivity index is 2.70. The molecule has 1 N–H and O–H groups in total. The predicted molar refractivity (Wildman–Crippen MR) is 60.1 cm³/mol. The molecule has 0 saturated heterocycles. The van der Waals surface area contributed by atoms with E-state index < -0.39 is 5.60 Å². The molecule has 0 bridgehead atoms. The molecule has 0 spiro atoms. The molecule has 2 heteroatoms. The van der Waals surface area contributed by atoms with Gasteiger partial charge < -0.3 is 5.11 Å². The predicted octanol–water partition coefficient (Wildman–Crippen LogP) is 2.94. The molecular formula is C12H17NO. The molecule has 1 aromatic carbocycles. The molecule has 0 radical (unpaired) electrons. The lowest BCUT2D eigenvalue weighted by Crippen LogP contribution is -2.21. The number of para-hydroxylation sites is 1. The Morgan fingerprint density at radius 1 is 1.29 bits per heavy atom. The first-order valence-corrected chi connectivity index (χ1v) is 4.79. The fraction of sp³-hybridized carbons (Fsp3) is 0.417. The van der Waals surface area contributed by atoms with Crippen molar-refractivity contribution in [3.8, 4) is 0 Å². The first-order chi connectivity index (χ1) is 6.47. The Hall–Kier alpha value is -1.15. The number of nitrogens with zero attached hydrogens (tertiary/aromatic N) is 1. The van der Waals surface area contributed by atoms with Crippen molar-refractivity contribution in [1.82, 2.24) is 0 Å². The van der Waals surface area contributed by atoms with Gasteiger partial charge in [-0.25, -0.2) is 0 Å². The van der Waals surface area contributed by atoms with Gasteiger partial charge in [-0.1, -0.05) is 18.2 Å². The number of hydrogen-bond donors (Lipinski definition) is 1. The standard InChI is InChI=1S/C12H17NO/c1-10(9-12(2,3)14)13-11-7-5-4-6-8-11/h4-8,14H,9H2,1-3H3/b13-10+. The van der Waals surface area contributed by atoms with E-state index in [1.54, 1.807) is 13.8 Å². The summed E-state index contributed by atoms with van der Waals surface area (Å²) >= 11 is 0. The maximum atomic E-state index is 9.59. The summed E-state index contributed by atoms with van der Waals surface area (Å²) in [6, 6.07) is 9.78. The number of aliphatic hydroxyl groups is 1. The summed E-state index contributed by atoms with van der Waals surface area (Å²) in [4.78, 5) is 4.40. The third kappa shape index (κ3) is 4.19. The lowest BCUT2D eigenvalue weighted by Gasteiger charge is -2.16. The molecule has 2 nitrogen and oxygen atoms in total. The molecule has 0 heterocycles. The van der Waals surface area contributed by atoms with Gasteiger partial charge in [-0.3, -0.25) is 4.99 Å². The van der Waals surface area contributed by atoms with Gasteiger partial charge in [-0.15, -0.1) is 0 Å². The second-order valence-corrected chi connectivity index (χ2v) is 4.17. The van der Waals surface area contributed by atoms with Gasteiger partial charge in [0.25, 0.3) is 0 Å². The molecule has 14 heavy (non-hydrogen) atoms. The molecule has 0 saturated carbocycles. The van der Waals surface area contributed by atoms with Gasteiger partial charge in [-0.05, 0) is 32.9 Å². The van der Waals surface area contributed by atoms with E-state index in [9.17, 15) is 5.11 Å². The van der Waals surface area contributed by atoms with Crippen LogP contribution in [0, 0.1) is 0 Å². The Morgan fingerprint density at radius 2 is 1.86 bits per heavy atom. The Morgan fingerprint density at radius 3 is 2.36 bits per heavy atom. The average Bonchev–Trinajstić information content (AvgIpc) is 2.02. The van der Waals surface area contributed by atoms with E-state index in [1.165, 1.54) is 0 Å². The third-order valence-electron chi connectivity index (χ3n) is 1.76. The molecule has 0 atom stereocenters. The molecule has 0 amide bonds. The summed E-state index contributed by atoms with van der Waals surface area (Å²) in [5, 5.41) is 9.59. The number of hydrogen-bond acceptors (Lipinski definition) is 2. The van der Waals surface area contributed by atoms with Crippen LogP contribution in [0.25, 0.3) is 0 Å². The number of aliphatic imine (C=N–C) groups is 1. The maximum Gasteiger partial charge on any atom is 0.0643 e. The topological polar surface area (TPSA) is 32.6 Å². The molecule has 0 unspecified atom stereocenters. The molecular weight excluding hydrogens is 174 g/mol. The Kier molecular flexibility index (Phi) is 3.42. The van der Waals surface area contributed by atoms with Crippen molar-refractivity contribution in [2.75, 3.05) is 0 Å². The maximum absolute atomic E-state index is 9.59. The lowest BCUT2D eigenvalue weighted by atomic mass is 10.0. The minimum Gasteiger partial charge on any atom is -0.390 e. The highest BCUT2D eigenvalue weighted by molar-refractivity contribution is 5.85.